The van der Waals surface area contributed by atoms with Crippen LogP contribution in [-0.4, -0.2) is 48.5 Å². The summed E-state index contributed by atoms with van der Waals surface area (Å²) < 4.78 is 0. The molecule has 3 rings (SSSR count). The minimum Gasteiger partial charge on any atom is -0.508 e. The first-order valence-electron chi connectivity index (χ1n) is 11.5. The predicted octanol–water partition coefficient (Wildman–Crippen LogP) is 1.64. The van der Waals surface area contributed by atoms with E-state index in [0.29, 0.717) is 30.8 Å². The molecule has 0 bridgehead atoms. The zero-order valence-corrected chi connectivity index (χ0v) is 19.4. The number of nitrogens with two attached hydrogens (primary N) is 2. The van der Waals surface area contributed by atoms with Crippen LogP contribution in [-0.2, 0) is 16.0 Å². The molecule has 0 heterocycles. The SMILES string of the molecule is NC(=O)CNC(=O)c1cc2ccccc2cc1NCCCCNC(=O)[C@H](N)Cc1ccc(O)cc1. The molecule has 0 spiro atoms. The molecular formula is C26H31N5O4. The van der Waals surface area contributed by atoms with Crippen molar-refractivity contribution in [3.05, 3.63) is 71.8 Å². The second-order valence-corrected chi connectivity index (χ2v) is 8.30. The molecule has 35 heavy (non-hydrogen) atoms. The van der Waals surface area contributed by atoms with Gasteiger partial charge in [0, 0.05) is 18.8 Å². The van der Waals surface area contributed by atoms with E-state index in [0.717, 1.165) is 29.2 Å². The summed E-state index contributed by atoms with van der Waals surface area (Å²) in [5.41, 5.74) is 13.1. The van der Waals surface area contributed by atoms with Crippen LogP contribution in [0.15, 0.2) is 60.7 Å². The van der Waals surface area contributed by atoms with Crippen molar-refractivity contribution in [3.63, 3.8) is 0 Å². The number of hydrogen-bond acceptors (Lipinski definition) is 6. The number of unbranched alkanes of at least 4 members (excludes halogenated alkanes) is 1. The Labute approximate surface area is 203 Å². The van der Waals surface area contributed by atoms with Gasteiger partial charge in [0.05, 0.1) is 18.2 Å². The van der Waals surface area contributed by atoms with Gasteiger partial charge in [-0.3, -0.25) is 14.4 Å². The first-order valence-corrected chi connectivity index (χ1v) is 11.5. The average molecular weight is 478 g/mol. The van der Waals surface area contributed by atoms with Gasteiger partial charge >= 0.3 is 0 Å². The standard InChI is InChI=1S/C26H31N5O4/c27-22(13-17-7-9-20(32)10-8-17)26(35)30-12-4-3-11-29-23-15-19-6-2-1-5-18(19)14-21(23)25(34)31-16-24(28)33/h1-2,5-10,14-15,22,29,32H,3-4,11-13,16,27H2,(H2,28,33)(H,30,35)(H,31,34)/t22-/m1/s1. The maximum absolute atomic E-state index is 12.6. The number of fused-ring (bicyclic) bond motifs is 1. The Balaban J connectivity index is 1.48. The van der Waals surface area contributed by atoms with Crippen molar-refractivity contribution >= 4 is 34.2 Å². The molecule has 9 nitrogen and oxygen atoms in total. The lowest BCUT2D eigenvalue weighted by Crippen LogP contribution is -2.42. The van der Waals surface area contributed by atoms with Gasteiger partial charge in [-0.2, -0.15) is 0 Å². The monoisotopic (exact) mass is 477 g/mol. The van der Waals surface area contributed by atoms with Crippen LogP contribution < -0.4 is 27.4 Å². The molecule has 0 unspecified atom stereocenters. The predicted molar refractivity (Wildman–Crippen MR) is 136 cm³/mol. The molecule has 3 aromatic carbocycles. The fourth-order valence-corrected chi connectivity index (χ4v) is 3.63. The number of phenols is 1. The number of hydrogen-bond donors (Lipinski definition) is 6. The molecule has 3 aromatic rings. The van der Waals surface area contributed by atoms with Gasteiger partial charge in [0.1, 0.15) is 5.75 Å². The molecule has 0 aromatic heterocycles. The van der Waals surface area contributed by atoms with E-state index in [2.05, 4.69) is 16.0 Å². The number of carbonyl (C=O) groups is 3. The second kappa shape index (κ2) is 12.4. The number of anilines is 1. The first kappa shape index (κ1) is 25.5. The highest BCUT2D eigenvalue weighted by molar-refractivity contribution is 6.05. The van der Waals surface area contributed by atoms with Crippen LogP contribution in [0.5, 0.6) is 5.75 Å². The highest BCUT2D eigenvalue weighted by Gasteiger charge is 2.15. The molecular weight excluding hydrogens is 446 g/mol. The van der Waals surface area contributed by atoms with Crippen molar-refractivity contribution in [3.8, 4) is 5.75 Å². The number of primary amides is 1. The van der Waals surface area contributed by atoms with Crippen molar-refractivity contribution < 1.29 is 19.5 Å². The molecule has 0 saturated carbocycles. The Bertz CT molecular complexity index is 1180. The highest BCUT2D eigenvalue weighted by Crippen LogP contribution is 2.24. The van der Waals surface area contributed by atoms with Crippen LogP contribution in [0.4, 0.5) is 5.69 Å². The Kier molecular flexibility index (Phi) is 9.02. The topological polar surface area (TPSA) is 160 Å². The number of amides is 3. The number of rotatable bonds is 12. The minimum absolute atomic E-state index is 0.169. The van der Waals surface area contributed by atoms with Gasteiger partial charge in [-0.15, -0.1) is 0 Å². The summed E-state index contributed by atoms with van der Waals surface area (Å²) in [6.45, 7) is 0.830. The molecule has 3 amide bonds. The summed E-state index contributed by atoms with van der Waals surface area (Å²) >= 11 is 0. The van der Waals surface area contributed by atoms with Gasteiger partial charge in [0.25, 0.3) is 5.91 Å². The van der Waals surface area contributed by atoms with Crippen molar-refractivity contribution in [1.82, 2.24) is 10.6 Å². The van der Waals surface area contributed by atoms with Gasteiger partial charge in [0.15, 0.2) is 0 Å². The van der Waals surface area contributed by atoms with Crippen molar-refractivity contribution in [2.24, 2.45) is 11.5 Å². The second-order valence-electron chi connectivity index (χ2n) is 8.30. The van der Waals surface area contributed by atoms with Gasteiger partial charge < -0.3 is 32.5 Å². The van der Waals surface area contributed by atoms with E-state index in [4.69, 9.17) is 11.5 Å². The number of nitrogens with one attached hydrogen (secondary N) is 3. The lowest BCUT2D eigenvalue weighted by atomic mass is 10.0. The highest BCUT2D eigenvalue weighted by atomic mass is 16.3. The largest absolute Gasteiger partial charge is 0.508 e. The Morgan fingerprint density at radius 3 is 2.23 bits per heavy atom. The summed E-state index contributed by atoms with van der Waals surface area (Å²) in [5.74, 6) is -1.05. The van der Waals surface area contributed by atoms with Gasteiger partial charge in [0.2, 0.25) is 11.8 Å². The molecule has 0 aliphatic heterocycles. The Morgan fingerprint density at radius 1 is 0.886 bits per heavy atom. The van der Waals surface area contributed by atoms with E-state index in [-0.39, 0.29) is 24.1 Å². The van der Waals surface area contributed by atoms with E-state index in [1.165, 1.54) is 0 Å². The molecule has 0 aliphatic carbocycles. The molecule has 0 aliphatic rings. The van der Waals surface area contributed by atoms with Crippen LogP contribution in [0.1, 0.15) is 28.8 Å². The Hall–Kier alpha value is -4.11. The first-order chi connectivity index (χ1) is 16.8. The van der Waals surface area contributed by atoms with Crippen LogP contribution >= 0.6 is 0 Å². The summed E-state index contributed by atoms with van der Waals surface area (Å²) in [6, 6.07) is 17.3. The Morgan fingerprint density at radius 2 is 1.54 bits per heavy atom. The van der Waals surface area contributed by atoms with Crippen LogP contribution in [0.25, 0.3) is 10.8 Å². The molecule has 1 atom stereocenters. The number of aromatic hydroxyl groups is 1. The summed E-state index contributed by atoms with van der Waals surface area (Å²) in [6.07, 6.45) is 1.86. The molecule has 184 valence electrons. The summed E-state index contributed by atoms with van der Waals surface area (Å²) in [7, 11) is 0. The normalized spacial score (nSPS) is 11.6. The molecule has 0 radical (unpaired) electrons. The van der Waals surface area contributed by atoms with Crippen LogP contribution in [0.2, 0.25) is 0 Å². The molecule has 8 N–H and O–H groups in total. The third kappa shape index (κ3) is 7.72. The van der Waals surface area contributed by atoms with Gasteiger partial charge in [-0.1, -0.05) is 36.4 Å². The fraction of sp³-hybridized carbons (Fsp3) is 0.269. The number of carbonyl (C=O) groups excluding carboxylic acids is 3. The number of benzene rings is 3. The quantitative estimate of drug-likeness (QED) is 0.218. The zero-order chi connectivity index (χ0) is 25.2. The molecule has 0 fully saturated rings. The van der Waals surface area contributed by atoms with E-state index in [1.54, 1.807) is 30.3 Å². The summed E-state index contributed by atoms with van der Waals surface area (Å²) in [5, 5.41) is 19.9. The third-order valence-corrected chi connectivity index (χ3v) is 5.50. The van der Waals surface area contributed by atoms with E-state index in [1.807, 2.05) is 30.3 Å². The van der Waals surface area contributed by atoms with Crippen LogP contribution in [0, 0.1) is 0 Å². The van der Waals surface area contributed by atoms with Crippen molar-refractivity contribution in [1.29, 1.82) is 0 Å². The van der Waals surface area contributed by atoms with E-state index in [9.17, 15) is 19.5 Å². The molecule has 9 heteroatoms. The maximum Gasteiger partial charge on any atom is 0.253 e. The maximum atomic E-state index is 12.6. The fourth-order valence-electron chi connectivity index (χ4n) is 3.63. The lowest BCUT2D eigenvalue weighted by molar-refractivity contribution is -0.122. The van der Waals surface area contributed by atoms with Gasteiger partial charge in [-0.05, 0) is 59.9 Å². The van der Waals surface area contributed by atoms with Crippen LogP contribution in [0.3, 0.4) is 0 Å². The van der Waals surface area contributed by atoms with Crippen molar-refractivity contribution in [2.75, 3.05) is 25.0 Å². The summed E-state index contributed by atoms with van der Waals surface area (Å²) in [4.78, 5) is 35.9. The zero-order valence-electron chi connectivity index (χ0n) is 19.4. The smallest absolute Gasteiger partial charge is 0.253 e. The van der Waals surface area contributed by atoms with Gasteiger partial charge in [-0.25, -0.2) is 0 Å². The lowest BCUT2D eigenvalue weighted by Gasteiger charge is -2.14. The van der Waals surface area contributed by atoms with E-state index >= 15 is 0 Å². The number of phenolic OH excluding ortho intramolecular Hbond substituents is 1. The van der Waals surface area contributed by atoms with E-state index < -0.39 is 11.9 Å². The minimum atomic E-state index is -0.670. The third-order valence-electron chi connectivity index (χ3n) is 5.50. The average Bonchev–Trinajstić information content (AvgIpc) is 2.85. The van der Waals surface area contributed by atoms with Crippen molar-refractivity contribution in [2.45, 2.75) is 25.3 Å². The molecule has 0 saturated heterocycles.